The van der Waals surface area contributed by atoms with Crippen molar-refractivity contribution in [2.75, 3.05) is 13.7 Å². The van der Waals surface area contributed by atoms with Crippen LogP contribution >= 0.6 is 0 Å². The Hall–Kier alpha value is -1.22. The highest BCUT2D eigenvalue weighted by molar-refractivity contribution is 5.41. The quantitative estimate of drug-likeness (QED) is 0.824. The van der Waals surface area contributed by atoms with Gasteiger partial charge < -0.3 is 15.2 Å². The van der Waals surface area contributed by atoms with E-state index in [0.717, 1.165) is 24.6 Å². The highest BCUT2D eigenvalue weighted by atomic mass is 16.5. The van der Waals surface area contributed by atoms with Gasteiger partial charge in [0.15, 0.2) is 11.5 Å². The Kier molecular flexibility index (Phi) is 3.29. The first-order valence-electron chi connectivity index (χ1n) is 6.09. The molecule has 1 aromatic rings. The number of hydrogen-bond acceptors (Lipinski definition) is 3. The Morgan fingerprint density at radius 3 is 2.71 bits per heavy atom. The number of aromatic hydroxyl groups is 1. The maximum absolute atomic E-state index is 9.64. The van der Waals surface area contributed by atoms with Gasteiger partial charge in [-0.15, -0.1) is 0 Å². The van der Waals surface area contributed by atoms with Gasteiger partial charge in [0.05, 0.1) is 7.11 Å². The lowest BCUT2D eigenvalue weighted by molar-refractivity contribution is 0.373. The van der Waals surface area contributed by atoms with Crippen molar-refractivity contribution in [1.82, 2.24) is 5.32 Å². The number of benzene rings is 1. The maximum atomic E-state index is 9.64. The zero-order valence-corrected chi connectivity index (χ0v) is 10.8. The minimum absolute atomic E-state index is 0.207. The lowest BCUT2D eigenvalue weighted by Crippen LogP contribution is -2.18. The number of nitrogens with one attached hydrogen (secondary N) is 1. The molecule has 1 fully saturated rings. The third kappa shape index (κ3) is 2.91. The molecule has 0 spiro atoms. The van der Waals surface area contributed by atoms with E-state index in [1.165, 1.54) is 6.42 Å². The molecule has 2 rings (SSSR count). The van der Waals surface area contributed by atoms with E-state index in [1.807, 2.05) is 6.07 Å². The molecule has 1 atom stereocenters. The summed E-state index contributed by atoms with van der Waals surface area (Å²) in [5.74, 6) is 1.53. The van der Waals surface area contributed by atoms with Crippen molar-refractivity contribution in [2.45, 2.75) is 26.8 Å². The van der Waals surface area contributed by atoms with Crippen molar-refractivity contribution in [1.29, 1.82) is 0 Å². The van der Waals surface area contributed by atoms with Crippen molar-refractivity contribution < 1.29 is 9.84 Å². The predicted molar refractivity (Wildman–Crippen MR) is 68.3 cm³/mol. The van der Waals surface area contributed by atoms with Gasteiger partial charge in [-0.05, 0) is 42.0 Å². The third-order valence-electron chi connectivity index (χ3n) is 3.68. The fraction of sp³-hybridized carbons (Fsp3) is 0.571. The maximum Gasteiger partial charge on any atom is 0.160 e. The molecule has 0 aliphatic heterocycles. The molecular weight excluding hydrogens is 214 g/mol. The van der Waals surface area contributed by atoms with Gasteiger partial charge in [0.2, 0.25) is 0 Å². The zero-order valence-electron chi connectivity index (χ0n) is 10.8. The van der Waals surface area contributed by atoms with Gasteiger partial charge in [-0.1, -0.05) is 19.9 Å². The number of hydrogen-bond donors (Lipinski definition) is 2. The van der Waals surface area contributed by atoms with Gasteiger partial charge >= 0.3 is 0 Å². The smallest absolute Gasteiger partial charge is 0.160 e. The normalized spacial score (nSPS) is 21.2. The summed E-state index contributed by atoms with van der Waals surface area (Å²) in [6.07, 6.45) is 1.31. The average Bonchev–Trinajstić information content (AvgIpc) is 2.87. The van der Waals surface area contributed by atoms with Crippen molar-refractivity contribution in [3.63, 3.8) is 0 Å². The van der Waals surface area contributed by atoms with E-state index in [1.54, 1.807) is 19.2 Å². The van der Waals surface area contributed by atoms with E-state index in [0.29, 0.717) is 11.2 Å². The monoisotopic (exact) mass is 235 g/mol. The molecule has 0 saturated heterocycles. The molecule has 1 aromatic carbocycles. The van der Waals surface area contributed by atoms with E-state index in [9.17, 15) is 5.11 Å². The summed E-state index contributed by atoms with van der Waals surface area (Å²) in [7, 11) is 1.56. The Labute approximate surface area is 103 Å². The number of methoxy groups -OCH3 is 1. The van der Waals surface area contributed by atoms with Gasteiger partial charge in [-0.3, -0.25) is 0 Å². The summed E-state index contributed by atoms with van der Waals surface area (Å²) in [4.78, 5) is 0. The van der Waals surface area contributed by atoms with E-state index in [4.69, 9.17) is 4.74 Å². The van der Waals surface area contributed by atoms with Crippen molar-refractivity contribution in [3.8, 4) is 11.5 Å². The average molecular weight is 235 g/mol. The number of rotatable bonds is 5. The molecule has 3 nitrogen and oxygen atoms in total. The summed E-state index contributed by atoms with van der Waals surface area (Å²) in [5.41, 5.74) is 1.61. The van der Waals surface area contributed by atoms with Crippen molar-refractivity contribution >= 4 is 0 Å². The minimum Gasteiger partial charge on any atom is -0.504 e. The number of ether oxygens (including phenoxy) is 1. The van der Waals surface area contributed by atoms with E-state index >= 15 is 0 Å². The zero-order chi connectivity index (χ0) is 12.5. The fourth-order valence-electron chi connectivity index (χ4n) is 2.16. The second-order valence-electron chi connectivity index (χ2n) is 5.53. The fourth-order valence-corrected chi connectivity index (χ4v) is 2.16. The molecular formula is C14H21NO2. The first kappa shape index (κ1) is 12.2. The van der Waals surface area contributed by atoms with Crippen molar-refractivity contribution in [3.05, 3.63) is 23.8 Å². The summed E-state index contributed by atoms with van der Waals surface area (Å²) >= 11 is 0. The van der Waals surface area contributed by atoms with Crippen LogP contribution in [0.5, 0.6) is 11.5 Å². The van der Waals surface area contributed by atoms with Crippen LogP contribution in [0.3, 0.4) is 0 Å². The third-order valence-corrected chi connectivity index (χ3v) is 3.68. The SMILES string of the molecule is COc1ccc(CNCC2CC2(C)C)cc1O. The Morgan fingerprint density at radius 2 is 2.18 bits per heavy atom. The molecule has 0 radical (unpaired) electrons. The first-order chi connectivity index (χ1) is 8.03. The molecule has 2 N–H and O–H groups in total. The molecule has 17 heavy (non-hydrogen) atoms. The van der Waals surface area contributed by atoms with Crippen LogP contribution in [0.2, 0.25) is 0 Å². The number of phenols is 1. The molecule has 0 amide bonds. The lowest BCUT2D eigenvalue weighted by atomic mass is 10.1. The lowest BCUT2D eigenvalue weighted by Gasteiger charge is -2.08. The van der Waals surface area contributed by atoms with E-state index in [-0.39, 0.29) is 5.75 Å². The highest BCUT2D eigenvalue weighted by Gasteiger charge is 2.44. The van der Waals surface area contributed by atoms with Gasteiger partial charge in [-0.25, -0.2) is 0 Å². The largest absolute Gasteiger partial charge is 0.504 e. The van der Waals surface area contributed by atoms with E-state index in [2.05, 4.69) is 19.2 Å². The second-order valence-corrected chi connectivity index (χ2v) is 5.53. The molecule has 0 bridgehead atoms. The molecule has 0 aromatic heterocycles. The summed E-state index contributed by atoms with van der Waals surface area (Å²) in [6, 6.07) is 5.53. The molecule has 1 aliphatic rings. The summed E-state index contributed by atoms with van der Waals surface area (Å²) in [6.45, 7) is 6.46. The Balaban J connectivity index is 1.81. The van der Waals surface area contributed by atoms with Crippen LogP contribution in [0.15, 0.2) is 18.2 Å². The van der Waals surface area contributed by atoms with Crippen LogP contribution in [0.25, 0.3) is 0 Å². The van der Waals surface area contributed by atoms with Gasteiger partial charge in [0.1, 0.15) is 0 Å². The van der Waals surface area contributed by atoms with Gasteiger partial charge in [-0.2, -0.15) is 0 Å². The van der Waals surface area contributed by atoms with Crippen LogP contribution in [0.1, 0.15) is 25.8 Å². The van der Waals surface area contributed by atoms with Crippen LogP contribution in [-0.2, 0) is 6.54 Å². The standard InChI is InChI=1S/C14H21NO2/c1-14(2)7-11(14)9-15-8-10-4-5-13(17-3)12(16)6-10/h4-6,11,15-16H,7-9H2,1-3H3. The molecule has 1 aliphatic carbocycles. The van der Waals surface area contributed by atoms with Gasteiger partial charge in [0.25, 0.3) is 0 Å². The summed E-state index contributed by atoms with van der Waals surface area (Å²) < 4.78 is 5.01. The molecule has 3 heteroatoms. The predicted octanol–water partition coefficient (Wildman–Crippen LogP) is 2.54. The minimum atomic E-state index is 0.207. The van der Waals surface area contributed by atoms with Crippen LogP contribution in [0.4, 0.5) is 0 Å². The second kappa shape index (κ2) is 4.57. The van der Waals surface area contributed by atoms with Crippen LogP contribution < -0.4 is 10.1 Å². The topological polar surface area (TPSA) is 41.5 Å². The Morgan fingerprint density at radius 1 is 1.47 bits per heavy atom. The Bertz CT molecular complexity index is 401. The van der Waals surface area contributed by atoms with Crippen LogP contribution in [-0.4, -0.2) is 18.8 Å². The molecule has 1 unspecified atom stereocenters. The van der Waals surface area contributed by atoms with Gasteiger partial charge in [0, 0.05) is 6.54 Å². The number of phenolic OH excluding ortho intramolecular Hbond substituents is 1. The van der Waals surface area contributed by atoms with Crippen molar-refractivity contribution in [2.24, 2.45) is 11.3 Å². The first-order valence-corrected chi connectivity index (χ1v) is 6.09. The molecule has 1 saturated carbocycles. The highest BCUT2D eigenvalue weighted by Crippen LogP contribution is 2.50. The van der Waals surface area contributed by atoms with E-state index < -0.39 is 0 Å². The molecule has 94 valence electrons. The molecule has 0 heterocycles. The van der Waals surface area contributed by atoms with Crippen LogP contribution in [0, 0.1) is 11.3 Å². The summed E-state index contributed by atoms with van der Waals surface area (Å²) in [5, 5.41) is 13.1.